The van der Waals surface area contributed by atoms with Crippen LogP contribution in [-0.2, 0) is 0 Å². The van der Waals surface area contributed by atoms with Gasteiger partial charge in [0.25, 0.3) is 0 Å². The summed E-state index contributed by atoms with van der Waals surface area (Å²) in [6.45, 7) is 3.19. The minimum Gasteiger partial charge on any atom is -0.485 e. The van der Waals surface area contributed by atoms with Crippen molar-refractivity contribution in [2.45, 2.75) is 20.0 Å². The van der Waals surface area contributed by atoms with Gasteiger partial charge in [-0.15, -0.1) is 0 Å². The molecular weight excluding hydrogens is 195 g/mol. The Morgan fingerprint density at radius 2 is 1.79 bits per heavy atom. The van der Waals surface area contributed by atoms with E-state index in [-0.39, 0.29) is 0 Å². The van der Waals surface area contributed by atoms with Crippen molar-refractivity contribution in [1.29, 1.82) is 0 Å². The Morgan fingerprint density at radius 3 is 2.29 bits per heavy atom. The van der Waals surface area contributed by atoms with Crippen LogP contribution in [0.15, 0.2) is 6.07 Å². The van der Waals surface area contributed by atoms with E-state index in [0.29, 0.717) is 6.07 Å². The molecule has 1 aromatic carbocycles. The van der Waals surface area contributed by atoms with Crippen LogP contribution in [0.3, 0.4) is 0 Å². The minimum atomic E-state index is -1.20. The van der Waals surface area contributed by atoms with Gasteiger partial charge in [0, 0.05) is 6.07 Å². The Kier molecular flexibility index (Phi) is 2.88. The molecule has 0 bridgehead atoms. The Labute approximate surface area is 79.5 Å². The van der Waals surface area contributed by atoms with Crippen LogP contribution < -0.4 is 10.5 Å². The zero-order chi connectivity index (χ0) is 10.9. The highest BCUT2D eigenvalue weighted by molar-refractivity contribution is 5.48. The van der Waals surface area contributed by atoms with Gasteiger partial charge >= 0.3 is 0 Å². The molecule has 2 N–H and O–H groups in total. The van der Waals surface area contributed by atoms with Crippen LogP contribution in [0.1, 0.15) is 13.8 Å². The summed E-state index contributed by atoms with van der Waals surface area (Å²) >= 11 is 0. The first-order valence-corrected chi connectivity index (χ1v) is 4.03. The molecule has 0 amide bonds. The average molecular weight is 205 g/mol. The second-order valence-electron chi connectivity index (χ2n) is 3.06. The number of nitrogens with two attached hydrogens (primary N) is 1. The molecule has 0 aliphatic heterocycles. The highest BCUT2D eigenvalue weighted by Crippen LogP contribution is 2.29. The fourth-order valence-electron chi connectivity index (χ4n) is 0.930. The van der Waals surface area contributed by atoms with Gasteiger partial charge in [-0.05, 0) is 13.8 Å². The third-order valence-corrected chi connectivity index (χ3v) is 1.52. The van der Waals surface area contributed by atoms with Crippen molar-refractivity contribution in [2.24, 2.45) is 0 Å². The van der Waals surface area contributed by atoms with Crippen LogP contribution in [0.25, 0.3) is 0 Å². The van der Waals surface area contributed by atoms with E-state index in [1.54, 1.807) is 13.8 Å². The Balaban J connectivity index is 3.22. The molecule has 0 aromatic heterocycles. The number of hydrogen-bond donors (Lipinski definition) is 1. The third kappa shape index (κ3) is 1.92. The van der Waals surface area contributed by atoms with Crippen LogP contribution in [0.2, 0.25) is 0 Å². The number of ether oxygens (including phenoxy) is 1. The summed E-state index contributed by atoms with van der Waals surface area (Å²) < 4.78 is 43.7. The maximum Gasteiger partial charge on any atom is 0.193 e. The Bertz CT molecular complexity index is 352. The van der Waals surface area contributed by atoms with E-state index >= 15 is 0 Å². The highest BCUT2D eigenvalue weighted by atomic mass is 19.1. The fraction of sp³-hybridized carbons (Fsp3) is 0.333. The van der Waals surface area contributed by atoms with Crippen LogP contribution in [0.5, 0.6) is 5.75 Å². The topological polar surface area (TPSA) is 35.2 Å². The zero-order valence-electron chi connectivity index (χ0n) is 7.77. The van der Waals surface area contributed by atoms with Crippen molar-refractivity contribution < 1.29 is 17.9 Å². The maximum absolute atomic E-state index is 13.2. The minimum absolute atomic E-state index is 0.413. The predicted octanol–water partition coefficient (Wildman–Crippen LogP) is 2.47. The molecule has 0 unspecified atom stereocenters. The molecule has 14 heavy (non-hydrogen) atoms. The van der Waals surface area contributed by atoms with E-state index in [1.807, 2.05) is 0 Å². The van der Waals surface area contributed by atoms with Gasteiger partial charge < -0.3 is 10.5 Å². The lowest BCUT2D eigenvalue weighted by Crippen LogP contribution is -2.10. The van der Waals surface area contributed by atoms with Gasteiger partial charge in [-0.1, -0.05) is 0 Å². The molecule has 0 aliphatic rings. The summed E-state index contributed by atoms with van der Waals surface area (Å²) in [6.07, 6.45) is -0.413. The zero-order valence-corrected chi connectivity index (χ0v) is 7.77. The van der Waals surface area contributed by atoms with E-state index in [0.717, 1.165) is 0 Å². The predicted molar refractivity (Wildman–Crippen MR) is 46.5 cm³/mol. The quantitative estimate of drug-likeness (QED) is 0.753. The van der Waals surface area contributed by atoms with Gasteiger partial charge in [-0.3, -0.25) is 0 Å². The second-order valence-corrected chi connectivity index (χ2v) is 3.06. The van der Waals surface area contributed by atoms with E-state index in [1.165, 1.54) is 0 Å². The molecule has 1 rings (SSSR count). The summed E-state index contributed by atoms with van der Waals surface area (Å²) in [5.74, 6) is -4.06. The Morgan fingerprint density at radius 1 is 1.21 bits per heavy atom. The molecular formula is C9H10F3NO. The van der Waals surface area contributed by atoms with Crippen LogP contribution >= 0.6 is 0 Å². The lowest BCUT2D eigenvalue weighted by molar-refractivity contribution is 0.219. The molecule has 0 radical (unpaired) electrons. The summed E-state index contributed by atoms with van der Waals surface area (Å²) in [7, 11) is 0. The van der Waals surface area contributed by atoms with Crippen molar-refractivity contribution in [3.63, 3.8) is 0 Å². The molecule has 0 aliphatic carbocycles. The molecule has 0 heterocycles. The lowest BCUT2D eigenvalue weighted by Gasteiger charge is -2.12. The van der Waals surface area contributed by atoms with Crippen LogP contribution in [0.4, 0.5) is 18.9 Å². The van der Waals surface area contributed by atoms with Crippen molar-refractivity contribution in [1.82, 2.24) is 0 Å². The highest BCUT2D eigenvalue weighted by Gasteiger charge is 2.18. The first-order valence-electron chi connectivity index (χ1n) is 4.03. The molecule has 0 atom stereocenters. The van der Waals surface area contributed by atoms with E-state index in [9.17, 15) is 13.2 Å². The normalized spacial score (nSPS) is 10.7. The molecule has 0 spiro atoms. The van der Waals surface area contributed by atoms with E-state index < -0.39 is 35.0 Å². The standard InChI is InChI=1S/C9H10F3NO/c1-4(2)14-9-6(11)3-5(10)8(13)7(9)12/h3-4H,13H2,1-2H3. The number of halogens is 3. The van der Waals surface area contributed by atoms with Crippen molar-refractivity contribution in [3.8, 4) is 5.75 Å². The summed E-state index contributed by atoms with van der Waals surface area (Å²) in [5, 5.41) is 0. The molecule has 0 fully saturated rings. The number of nitrogen functional groups attached to an aromatic ring is 1. The van der Waals surface area contributed by atoms with Gasteiger partial charge in [0.15, 0.2) is 23.2 Å². The number of anilines is 1. The second kappa shape index (κ2) is 3.77. The monoisotopic (exact) mass is 205 g/mol. The van der Waals surface area contributed by atoms with E-state index in [4.69, 9.17) is 10.5 Å². The molecule has 2 nitrogen and oxygen atoms in total. The molecule has 0 saturated carbocycles. The average Bonchev–Trinajstić information content (AvgIpc) is 2.09. The smallest absolute Gasteiger partial charge is 0.193 e. The summed E-state index contributed by atoms with van der Waals surface area (Å²) in [6, 6.07) is 0.496. The van der Waals surface area contributed by atoms with Gasteiger partial charge in [0.05, 0.1) is 6.10 Å². The van der Waals surface area contributed by atoms with Crippen LogP contribution in [-0.4, -0.2) is 6.10 Å². The Hall–Kier alpha value is -1.39. The molecule has 5 heteroatoms. The molecule has 1 aromatic rings. The third-order valence-electron chi connectivity index (χ3n) is 1.52. The van der Waals surface area contributed by atoms with Gasteiger partial charge in [-0.2, -0.15) is 0 Å². The number of hydrogen-bond acceptors (Lipinski definition) is 2. The van der Waals surface area contributed by atoms with Gasteiger partial charge in [0.2, 0.25) is 0 Å². The van der Waals surface area contributed by atoms with E-state index in [2.05, 4.69) is 0 Å². The first kappa shape index (κ1) is 10.7. The summed E-state index contributed by atoms with van der Waals surface area (Å²) in [5.41, 5.74) is 4.30. The largest absolute Gasteiger partial charge is 0.485 e. The summed E-state index contributed by atoms with van der Waals surface area (Å²) in [4.78, 5) is 0. The van der Waals surface area contributed by atoms with Crippen LogP contribution in [0, 0.1) is 17.5 Å². The first-order chi connectivity index (χ1) is 6.43. The number of benzene rings is 1. The van der Waals surface area contributed by atoms with Crippen molar-refractivity contribution in [3.05, 3.63) is 23.5 Å². The number of rotatable bonds is 2. The lowest BCUT2D eigenvalue weighted by atomic mass is 10.2. The van der Waals surface area contributed by atoms with Crippen molar-refractivity contribution in [2.75, 3.05) is 5.73 Å². The maximum atomic E-state index is 13.2. The molecule has 78 valence electrons. The SMILES string of the molecule is CC(C)Oc1c(F)cc(F)c(N)c1F. The van der Waals surface area contributed by atoms with Gasteiger partial charge in [-0.25, -0.2) is 13.2 Å². The fourth-order valence-corrected chi connectivity index (χ4v) is 0.930. The molecule has 0 saturated heterocycles. The van der Waals surface area contributed by atoms with Crippen molar-refractivity contribution >= 4 is 5.69 Å². The van der Waals surface area contributed by atoms with Gasteiger partial charge in [0.1, 0.15) is 5.69 Å².